The van der Waals surface area contributed by atoms with Gasteiger partial charge in [-0.1, -0.05) is 12.1 Å². The van der Waals surface area contributed by atoms with Gasteiger partial charge in [-0.25, -0.2) is 0 Å². The molecular formula is C13H15NO5. The van der Waals surface area contributed by atoms with E-state index in [0.717, 1.165) is 16.9 Å². The van der Waals surface area contributed by atoms with Gasteiger partial charge in [-0.3, -0.25) is 14.9 Å². The molecule has 6 heteroatoms. The van der Waals surface area contributed by atoms with Crippen molar-refractivity contribution in [3.63, 3.8) is 0 Å². The van der Waals surface area contributed by atoms with Gasteiger partial charge in [-0.05, 0) is 24.1 Å². The van der Waals surface area contributed by atoms with Crippen LogP contribution in [-0.2, 0) is 16.1 Å². The van der Waals surface area contributed by atoms with Crippen molar-refractivity contribution in [2.45, 2.75) is 26.0 Å². The molecule has 6 nitrogen and oxygen atoms in total. The summed E-state index contributed by atoms with van der Waals surface area (Å²) in [5.41, 5.74) is 1.79. The molecule has 1 aliphatic rings. The SMILES string of the molecule is COc1cc(COC(=O)[C@@H]2C[C@H]2[N+](=O)[O-])ccc1C. The molecule has 1 aromatic carbocycles. The molecule has 1 aromatic rings. The molecular weight excluding hydrogens is 250 g/mol. The molecule has 0 bridgehead atoms. The van der Waals surface area contributed by atoms with Crippen LogP contribution < -0.4 is 4.74 Å². The van der Waals surface area contributed by atoms with Crippen molar-refractivity contribution >= 4 is 5.97 Å². The average Bonchev–Trinajstić information content (AvgIpc) is 3.17. The van der Waals surface area contributed by atoms with Crippen LogP contribution in [0.15, 0.2) is 18.2 Å². The van der Waals surface area contributed by atoms with E-state index >= 15 is 0 Å². The number of esters is 1. The topological polar surface area (TPSA) is 78.7 Å². The summed E-state index contributed by atoms with van der Waals surface area (Å²) < 4.78 is 10.2. The van der Waals surface area contributed by atoms with E-state index in [9.17, 15) is 14.9 Å². The average molecular weight is 265 g/mol. The first-order valence-electron chi connectivity index (χ1n) is 5.96. The fourth-order valence-electron chi connectivity index (χ4n) is 1.88. The Morgan fingerprint density at radius 3 is 2.84 bits per heavy atom. The van der Waals surface area contributed by atoms with Crippen molar-refractivity contribution in [1.29, 1.82) is 0 Å². The Bertz CT molecular complexity index is 514. The van der Waals surface area contributed by atoms with Gasteiger partial charge < -0.3 is 9.47 Å². The fourth-order valence-corrected chi connectivity index (χ4v) is 1.88. The third kappa shape index (κ3) is 3.01. The first kappa shape index (κ1) is 13.3. The number of nitro groups is 1. The first-order chi connectivity index (χ1) is 9.02. The van der Waals surface area contributed by atoms with Gasteiger partial charge >= 0.3 is 5.97 Å². The van der Waals surface area contributed by atoms with E-state index in [1.807, 2.05) is 19.1 Å². The van der Waals surface area contributed by atoms with Gasteiger partial charge in [-0.15, -0.1) is 0 Å². The minimum Gasteiger partial charge on any atom is -0.496 e. The molecule has 0 aromatic heterocycles. The van der Waals surface area contributed by atoms with Gasteiger partial charge in [0.05, 0.1) is 7.11 Å². The quantitative estimate of drug-likeness (QED) is 0.460. The summed E-state index contributed by atoms with van der Waals surface area (Å²) >= 11 is 0. The van der Waals surface area contributed by atoms with Crippen LogP contribution in [-0.4, -0.2) is 24.0 Å². The van der Waals surface area contributed by atoms with Crippen LogP contribution >= 0.6 is 0 Å². The maximum Gasteiger partial charge on any atom is 0.316 e. The summed E-state index contributed by atoms with van der Waals surface area (Å²) in [6.07, 6.45) is 0.281. The molecule has 1 fully saturated rings. The van der Waals surface area contributed by atoms with E-state index in [-0.39, 0.29) is 13.0 Å². The summed E-state index contributed by atoms with van der Waals surface area (Å²) in [5, 5.41) is 10.5. The van der Waals surface area contributed by atoms with Crippen LogP contribution in [0.5, 0.6) is 5.75 Å². The molecule has 19 heavy (non-hydrogen) atoms. The second kappa shape index (κ2) is 5.26. The van der Waals surface area contributed by atoms with E-state index in [4.69, 9.17) is 9.47 Å². The number of rotatable bonds is 5. The molecule has 0 aliphatic heterocycles. The highest BCUT2D eigenvalue weighted by Crippen LogP contribution is 2.34. The molecule has 0 N–H and O–H groups in total. The molecule has 1 aliphatic carbocycles. The van der Waals surface area contributed by atoms with E-state index in [2.05, 4.69) is 0 Å². The van der Waals surface area contributed by atoms with Gasteiger partial charge in [0.15, 0.2) is 0 Å². The molecule has 0 unspecified atom stereocenters. The standard InChI is InChI=1S/C13H15NO5/c1-8-3-4-9(5-12(8)18-2)7-19-13(15)10-6-11(10)14(16)17/h3-5,10-11H,6-7H2,1-2H3/t10-,11-/m1/s1. The molecule has 102 valence electrons. The Hall–Kier alpha value is -2.11. The Morgan fingerprint density at radius 1 is 1.53 bits per heavy atom. The first-order valence-corrected chi connectivity index (χ1v) is 5.96. The number of carbonyl (C=O) groups is 1. The monoisotopic (exact) mass is 265 g/mol. The highest BCUT2D eigenvalue weighted by atomic mass is 16.6. The number of aryl methyl sites for hydroxylation is 1. The Kier molecular flexibility index (Phi) is 3.69. The Morgan fingerprint density at radius 2 is 2.26 bits per heavy atom. The van der Waals surface area contributed by atoms with Crippen LogP contribution in [0.2, 0.25) is 0 Å². The predicted molar refractivity (Wildman–Crippen MR) is 66.4 cm³/mol. The minimum absolute atomic E-state index is 0.108. The summed E-state index contributed by atoms with van der Waals surface area (Å²) in [5.74, 6) is -0.355. The number of carbonyl (C=O) groups excluding carboxylic acids is 1. The second-order valence-corrected chi connectivity index (χ2v) is 4.61. The lowest BCUT2D eigenvalue weighted by atomic mass is 10.1. The zero-order valence-corrected chi connectivity index (χ0v) is 10.8. The highest BCUT2D eigenvalue weighted by molar-refractivity contribution is 5.76. The lowest BCUT2D eigenvalue weighted by Crippen LogP contribution is -2.13. The minimum atomic E-state index is -0.764. The van der Waals surface area contributed by atoms with Crippen molar-refractivity contribution in [2.24, 2.45) is 5.92 Å². The number of benzene rings is 1. The third-order valence-electron chi connectivity index (χ3n) is 3.18. The van der Waals surface area contributed by atoms with E-state index in [1.54, 1.807) is 13.2 Å². The van der Waals surface area contributed by atoms with Gasteiger partial charge in [0, 0.05) is 11.3 Å². The largest absolute Gasteiger partial charge is 0.496 e. The van der Waals surface area contributed by atoms with Gasteiger partial charge in [0.25, 0.3) is 0 Å². The molecule has 0 saturated heterocycles. The van der Waals surface area contributed by atoms with Crippen LogP contribution in [0.4, 0.5) is 0 Å². The lowest BCUT2D eigenvalue weighted by Gasteiger charge is -2.08. The maximum atomic E-state index is 11.6. The van der Waals surface area contributed by atoms with Crippen LogP contribution in [0.25, 0.3) is 0 Å². The summed E-state index contributed by atoms with van der Waals surface area (Å²) in [6, 6.07) is 4.74. The molecule has 1 saturated carbocycles. The van der Waals surface area contributed by atoms with Crippen molar-refractivity contribution in [2.75, 3.05) is 7.11 Å². The molecule has 0 amide bonds. The number of ether oxygens (including phenoxy) is 2. The maximum absolute atomic E-state index is 11.6. The second-order valence-electron chi connectivity index (χ2n) is 4.61. The van der Waals surface area contributed by atoms with Crippen molar-refractivity contribution < 1.29 is 19.2 Å². The van der Waals surface area contributed by atoms with Crippen molar-refractivity contribution in [3.05, 3.63) is 39.4 Å². The van der Waals surface area contributed by atoms with Gasteiger partial charge in [0.1, 0.15) is 18.3 Å². The Balaban J connectivity index is 1.89. The van der Waals surface area contributed by atoms with Crippen molar-refractivity contribution in [3.8, 4) is 5.75 Å². The van der Waals surface area contributed by atoms with Crippen LogP contribution in [0.3, 0.4) is 0 Å². The van der Waals surface area contributed by atoms with E-state index < -0.39 is 22.9 Å². The lowest BCUT2D eigenvalue weighted by molar-refractivity contribution is -0.497. The number of hydrogen-bond acceptors (Lipinski definition) is 5. The summed E-state index contributed by atoms with van der Waals surface area (Å²) in [6.45, 7) is 2.02. The zero-order chi connectivity index (χ0) is 14.0. The molecule has 0 radical (unpaired) electrons. The number of nitrogens with zero attached hydrogens (tertiary/aromatic N) is 1. The third-order valence-corrected chi connectivity index (χ3v) is 3.18. The van der Waals surface area contributed by atoms with Crippen LogP contribution in [0.1, 0.15) is 17.5 Å². The van der Waals surface area contributed by atoms with Gasteiger partial charge in [0.2, 0.25) is 6.04 Å². The zero-order valence-electron chi connectivity index (χ0n) is 10.8. The number of methoxy groups -OCH3 is 1. The number of hydrogen-bond donors (Lipinski definition) is 0. The Labute approximate surface area is 110 Å². The molecule has 2 atom stereocenters. The smallest absolute Gasteiger partial charge is 0.316 e. The summed E-state index contributed by atoms with van der Waals surface area (Å²) in [4.78, 5) is 21.6. The molecule has 0 heterocycles. The predicted octanol–water partition coefficient (Wildman–Crippen LogP) is 1.71. The normalized spacial score (nSPS) is 20.7. The molecule has 0 spiro atoms. The fraction of sp³-hybridized carbons (Fsp3) is 0.462. The highest BCUT2D eigenvalue weighted by Gasteiger charge is 2.54. The molecule has 2 rings (SSSR count). The van der Waals surface area contributed by atoms with Gasteiger partial charge in [-0.2, -0.15) is 0 Å². The summed E-state index contributed by atoms with van der Waals surface area (Å²) in [7, 11) is 1.57. The van der Waals surface area contributed by atoms with Crippen LogP contribution in [0, 0.1) is 23.0 Å². The van der Waals surface area contributed by atoms with E-state index in [0.29, 0.717) is 0 Å². The van der Waals surface area contributed by atoms with E-state index in [1.165, 1.54) is 0 Å². The van der Waals surface area contributed by atoms with Crippen molar-refractivity contribution in [1.82, 2.24) is 0 Å².